The first-order valence-corrected chi connectivity index (χ1v) is 8.47. The van der Waals surface area contributed by atoms with Crippen molar-refractivity contribution in [1.82, 2.24) is 15.1 Å². The van der Waals surface area contributed by atoms with E-state index in [1.54, 1.807) is 4.68 Å². The van der Waals surface area contributed by atoms with E-state index in [-0.39, 0.29) is 19.1 Å². The van der Waals surface area contributed by atoms with Gasteiger partial charge in [0.15, 0.2) is 6.04 Å². The maximum Gasteiger partial charge on any atom is 0.328 e. The number of nitrogens with one attached hydrogen (secondary N) is 1. The Labute approximate surface area is 151 Å². The number of hydrogen-bond donors (Lipinski definition) is 2. The third-order valence-corrected chi connectivity index (χ3v) is 4.14. The monoisotopic (exact) mass is 355 g/mol. The zero-order valence-corrected chi connectivity index (χ0v) is 14.3. The third kappa shape index (κ3) is 4.00. The minimum Gasteiger partial charge on any atom is -0.480 e. The molecule has 0 spiro atoms. The molecule has 1 aromatic carbocycles. The van der Waals surface area contributed by atoms with Crippen LogP contribution in [0, 0.1) is 0 Å². The number of aromatic nitrogens is 2. The Morgan fingerprint density at radius 3 is 2.73 bits per heavy atom. The topological polar surface area (TPSA) is 93.5 Å². The standard InChI is InChI=1S/C19H21N3O4/c1-2-10-26-12-16(19(24)25)21-18(23)15-11-20-22(17(15)13-8-9-13)14-6-4-3-5-7-14/h2-7,11,13,16H,1,8-10,12H2,(H,21,23)(H,24,25). The summed E-state index contributed by atoms with van der Waals surface area (Å²) >= 11 is 0. The van der Waals surface area contributed by atoms with Gasteiger partial charge in [0, 0.05) is 5.92 Å². The van der Waals surface area contributed by atoms with E-state index in [0.717, 1.165) is 24.2 Å². The number of para-hydroxylation sites is 1. The Morgan fingerprint density at radius 1 is 1.38 bits per heavy atom. The summed E-state index contributed by atoms with van der Waals surface area (Å²) < 4.78 is 6.93. The molecule has 3 rings (SSSR count). The van der Waals surface area contributed by atoms with Crippen LogP contribution in [0.5, 0.6) is 0 Å². The number of amides is 1. The van der Waals surface area contributed by atoms with Crippen LogP contribution in [0.4, 0.5) is 0 Å². The summed E-state index contributed by atoms with van der Waals surface area (Å²) in [5.41, 5.74) is 2.11. The van der Waals surface area contributed by atoms with E-state index in [0.29, 0.717) is 5.56 Å². The van der Waals surface area contributed by atoms with Crippen molar-refractivity contribution in [2.75, 3.05) is 13.2 Å². The summed E-state index contributed by atoms with van der Waals surface area (Å²) in [5, 5.41) is 16.2. The fourth-order valence-electron chi connectivity index (χ4n) is 2.74. The Morgan fingerprint density at radius 2 is 2.12 bits per heavy atom. The van der Waals surface area contributed by atoms with Gasteiger partial charge in [-0.25, -0.2) is 9.48 Å². The van der Waals surface area contributed by atoms with Crippen molar-refractivity contribution >= 4 is 11.9 Å². The number of carboxylic acids is 1. The van der Waals surface area contributed by atoms with Crippen LogP contribution in [-0.2, 0) is 9.53 Å². The van der Waals surface area contributed by atoms with Crippen LogP contribution in [0.1, 0.15) is 34.8 Å². The van der Waals surface area contributed by atoms with Crippen molar-refractivity contribution < 1.29 is 19.4 Å². The van der Waals surface area contributed by atoms with Crippen molar-refractivity contribution in [3.8, 4) is 5.69 Å². The normalized spacial score (nSPS) is 14.6. The second kappa shape index (κ2) is 7.97. The molecule has 0 bridgehead atoms. The molecule has 1 saturated carbocycles. The molecular weight excluding hydrogens is 334 g/mol. The summed E-state index contributed by atoms with van der Waals surface area (Å²) in [6.45, 7) is 3.60. The smallest absolute Gasteiger partial charge is 0.328 e. The number of benzene rings is 1. The van der Waals surface area contributed by atoms with Crippen molar-refractivity contribution in [2.45, 2.75) is 24.8 Å². The Bertz CT molecular complexity index is 796. The molecule has 2 N–H and O–H groups in total. The molecule has 136 valence electrons. The van der Waals surface area contributed by atoms with E-state index < -0.39 is 17.9 Å². The number of aliphatic carboxylic acids is 1. The van der Waals surface area contributed by atoms with Gasteiger partial charge in [-0.05, 0) is 25.0 Å². The van der Waals surface area contributed by atoms with Gasteiger partial charge in [0.05, 0.1) is 36.4 Å². The summed E-state index contributed by atoms with van der Waals surface area (Å²) in [6, 6.07) is 8.44. The lowest BCUT2D eigenvalue weighted by atomic mass is 10.1. The van der Waals surface area contributed by atoms with Crippen molar-refractivity contribution in [3.05, 3.63) is 60.4 Å². The molecule has 1 amide bonds. The van der Waals surface area contributed by atoms with Crippen LogP contribution >= 0.6 is 0 Å². The van der Waals surface area contributed by atoms with Gasteiger partial charge in [-0.3, -0.25) is 4.79 Å². The van der Waals surface area contributed by atoms with Gasteiger partial charge in [-0.2, -0.15) is 5.10 Å². The molecule has 0 aliphatic heterocycles. The first-order valence-electron chi connectivity index (χ1n) is 8.47. The van der Waals surface area contributed by atoms with Crippen LogP contribution in [-0.4, -0.2) is 46.0 Å². The molecule has 1 unspecified atom stereocenters. The van der Waals surface area contributed by atoms with Gasteiger partial charge in [0.1, 0.15) is 0 Å². The molecular formula is C19H21N3O4. The number of nitrogens with zero attached hydrogens (tertiary/aromatic N) is 2. The lowest BCUT2D eigenvalue weighted by Gasteiger charge is -2.15. The first kappa shape index (κ1) is 17.9. The summed E-state index contributed by atoms with van der Waals surface area (Å²) in [6.07, 6.45) is 5.00. The molecule has 26 heavy (non-hydrogen) atoms. The highest BCUT2D eigenvalue weighted by molar-refractivity contribution is 5.97. The lowest BCUT2D eigenvalue weighted by molar-refractivity contribution is -0.140. The number of carbonyl (C=O) groups is 2. The average molecular weight is 355 g/mol. The molecule has 1 aliphatic rings. The molecule has 1 aliphatic carbocycles. The van der Waals surface area contributed by atoms with Gasteiger partial charge in [0.2, 0.25) is 0 Å². The first-order chi connectivity index (χ1) is 12.6. The van der Waals surface area contributed by atoms with Gasteiger partial charge >= 0.3 is 5.97 Å². The predicted octanol–water partition coefficient (Wildman–Crippen LogP) is 2.14. The van der Waals surface area contributed by atoms with E-state index >= 15 is 0 Å². The van der Waals surface area contributed by atoms with Crippen molar-refractivity contribution in [3.63, 3.8) is 0 Å². The summed E-state index contributed by atoms with van der Waals surface area (Å²) in [5.74, 6) is -1.34. The molecule has 1 fully saturated rings. The van der Waals surface area contributed by atoms with E-state index in [9.17, 15) is 14.7 Å². The van der Waals surface area contributed by atoms with E-state index in [1.807, 2.05) is 30.3 Å². The van der Waals surface area contributed by atoms with Crippen LogP contribution in [0.2, 0.25) is 0 Å². The predicted molar refractivity (Wildman–Crippen MR) is 95.4 cm³/mol. The molecule has 0 radical (unpaired) electrons. The highest BCUT2D eigenvalue weighted by Crippen LogP contribution is 2.42. The van der Waals surface area contributed by atoms with Crippen molar-refractivity contribution in [1.29, 1.82) is 0 Å². The van der Waals surface area contributed by atoms with Gasteiger partial charge in [0.25, 0.3) is 5.91 Å². The lowest BCUT2D eigenvalue weighted by Crippen LogP contribution is -2.44. The molecule has 7 nitrogen and oxygen atoms in total. The maximum atomic E-state index is 12.7. The summed E-state index contributed by atoms with van der Waals surface area (Å²) in [7, 11) is 0. The Hall–Kier alpha value is -2.93. The fourth-order valence-corrected chi connectivity index (χ4v) is 2.74. The number of rotatable bonds is 9. The number of hydrogen-bond acceptors (Lipinski definition) is 4. The van der Waals surface area contributed by atoms with Gasteiger partial charge in [-0.15, -0.1) is 6.58 Å². The average Bonchev–Trinajstić information content (AvgIpc) is 3.39. The minimum absolute atomic E-state index is 0.126. The molecule has 1 aromatic heterocycles. The second-order valence-electron chi connectivity index (χ2n) is 6.16. The van der Waals surface area contributed by atoms with Crippen LogP contribution in [0.15, 0.2) is 49.2 Å². The Balaban J connectivity index is 1.82. The molecule has 1 atom stereocenters. The minimum atomic E-state index is -1.15. The number of ether oxygens (including phenoxy) is 1. The third-order valence-electron chi connectivity index (χ3n) is 4.14. The molecule has 7 heteroatoms. The highest BCUT2D eigenvalue weighted by atomic mass is 16.5. The van der Waals surface area contributed by atoms with E-state index in [2.05, 4.69) is 17.0 Å². The molecule has 0 saturated heterocycles. The van der Waals surface area contributed by atoms with Crippen LogP contribution in [0.25, 0.3) is 5.69 Å². The highest BCUT2D eigenvalue weighted by Gasteiger charge is 2.34. The van der Waals surface area contributed by atoms with Crippen molar-refractivity contribution in [2.24, 2.45) is 0 Å². The SMILES string of the molecule is C=CCOCC(NC(=O)c1cnn(-c2ccccc2)c1C1CC1)C(=O)O. The second-order valence-corrected chi connectivity index (χ2v) is 6.16. The van der Waals surface area contributed by atoms with Crippen LogP contribution in [0.3, 0.4) is 0 Å². The fraction of sp³-hybridized carbons (Fsp3) is 0.316. The molecule has 2 aromatic rings. The quantitative estimate of drug-likeness (QED) is 0.531. The van der Waals surface area contributed by atoms with Gasteiger partial charge in [-0.1, -0.05) is 24.3 Å². The number of carbonyl (C=O) groups excluding carboxylic acids is 1. The van der Waals surface area contributed by atoms with E-state index in [4.69, 9.17) is 4.74 Å². The zero-order chi connectivity index (χ0) is 18.5. The number of carboxylic acid groups (broad SMARTS) is 1. The van der Waals surface area contributed by atoms with E-state index in [1.165, 1.54) is 12.3 Å². The summed E-state index contributed by atoms with van der Waals surface area (Å²) in [4.78, 5) is 24.1. The molecule has 1 heterocycles. The zero-order valence-electron chi connectivity index (χ0n) is 14.3. The van der Waals surface area contributed by atoms with Crippen LogP contribution < -0.4 is 5.32 Å². The maximum absolute atomic E-state index is 12.7. The van der Waals surface area contributed by atoms with Gasteiger partial charge < -0.3 is 15.2 Å². The Kier molecular flexibility index (Phi) is 5.48. The largest absolute Gasteiger partial charge is 0.480 e.